The molecule has 0 saturated heterocycles. The first-order valence-electron chi connectivity index (χ1n) is 8.31. The van der Waals surface area contributed by atoms with Crippen molar-refractivity contribution >= 4 is 68.6 Å². The van der Waals surface area contributed by atoms with Crippen LogP contribution in [-0.4, -0.2) is 11.8 Å². The molecule has 2 N–H and O–H groups in total. The topological polar surface area (TPSA) is 58.2 Å². The molecule has 7 heteroatoms. The molecule has 0 atom stereocenters. The monoisotopic (exact) mass is 616 g/mol. The van der Waals surface area contributed by atoms with E-state index in [0.717, 1.165) is 7.14 Å². The zero-order valence-corrected chi connectivity index (χ0v) is 19.5. The van der Waals surface area contributed by atoms with E-state index in [1.54, 1.807) is 42.5 Å². The minimum atomic E-state index is -0.774. The number of rotatable bonds is 5. The molecule has 0 aliphatic rings. The summed E-state index contributed by atoms with van der Waals surface area (Å²) in [5.41, 5.74) is 1.63. The van der Waals surface area contributed by atoms with Gasteiger partial charge in [-0.2, -0.15) is 0 Å². The highest BCUT2D eigenvalue weighted by Gasteiger charge is 2.21. The van der Waals surface area contributed by atoms with Crippen molar-refractivity contribution in [2.75, 3.05) is 0 Å². The Morgan fingerprint density at radius 3 is 1.71 bits per heavy atom. The molecular weight excluding hydrogens is 602 g/mol. The van der Waals surface area contributed by atoms with E-state index in [2.05, 4.69) is 55.8 Å². The van der Waals surface area contributed by atoms with E-state index in [-0.39, 0.29) is 11.8 Å². The lowest BCUT2D eigenvalue weighted by atomic mass is 10.1. The molecule has 0 aliphatic carbocycles. The number of benzene rings is 3. The highest BCUT2D eigenvalue weighted by Crippen LogP contribution is 2.22. The van der Waals surface area contributed by atoms with E-state index < -0.39 is 6.17 Å². The third-order valence-electron chi connectivity index (χ3n) is 3.94. The highest BCUT2D eigenvalue weighted by molar-refractivity contribution is 14.1. The van der Waals surface area contributed by atoms with Gasteiger partial charge in [0.1, 0.15) is 6.17 Å². The first-order chi connectivity index (χ1) is 13.4. The molecule has 0 bridgehead atoms. The Bertz CT molecular complexity index is 967. The van der Waals surface area contributed by atoms with Crippen LogP contribution in [0.4, 0.5) is 0 Å². The van der Waals surface area contributed by atoms with Gasteiger partial charge in [-0.3, -0.25) is 9.59 Å². The summed E-state index contributed by atoms with van der Waals surface area (Å²) in [5, 5.41) is 6.20. The minimum absolute atomic E-state index is 0.300. The Hall–Kier alpha value is -1.65. The lowest BCUT2D eigenvalue weighted by Crippen LogP contribution is -2.41. The Balaban J connectivity index is 1.88. The van der Waals surface area contributed by atoms with Crippen molar-refractivity contribution < 1.29 is 9.59 Å². The van der Waals surface area contributed by atoms with Crippen LogP contribution in [0.2, 0.25) is 5.02 Å². The van der Waals surface area contributed by atoms with Crippen molar-refractivity contribution in [3.8, 4) is 0 Å². The Kier molecular flexibility index (Phi) is 7.30. The molecular formula is C21H15ClI2N2O2. The van der Waals surface area contributed by atoms with Crippen LogP contribution in [0.3, 0.4) is 0 Å². The molecule has 0 aliphatic heterocycles. The third-order valence-corrected chi connectivity index (χ3v) is 5.63. The fraction of sp³-hybridized carbons (Fsp3) is 0.0476. The van der Waals surface area contributed by atoms with Gasteiger partial charge < -0.3 is 10.6 Å². The van der Waals surface area contributed by atoms with Crippen LogP contribution in [0.5, 0.6) is 0 Å². The van der Waals surface area contributed by atoms with Gasteiger partial charge in [-0.15, -0.1) is 0 Å². The standard InChI is InChI=1S/C21H15ClI2N2O2/c22-18-10-2-1-9-17(18)19(25-20(27)13-5-3-7-15(23)11-13)26-21(28)14-6-4-8-16(24)12-14/h1-12,19H,(H,25,27)(H,26,28). The summed E-state index contributed by atoms with van der Waals surface area (Å²) in [7, 11) is 0. The van der Waals surface area contributed by atoms with Gasteiger partial charge in [0, 0.05) is 28.9 Å². The SMILES string of the molecule is O=C(NC(NC(=O)c1cccc(I)c1)c1ccccc1Cl)c1cccc(I)c1. The fourth-order valence-electron chi connectivity index (χ4n) is 2.59. The number of amides is 2. The minimum Gasteiger partial charge on any atom is -0.328 e. The van der Waals surface area contributed by atoms with Crippen LogP contribution in [-0.2, 0) is 0 Å². The van der Waals surface area contributed by atoms with Crippen molar-refractivity contribution in [1.82, 2.24) is 10.6 Å². The lowest BCUT2D eigenvalue weighted by molar-refractivity contribution is 0.0883. The van der Waals surface area contributed by atoms with Gasteiger partial charge in [0.05, 0.1) is 0 Å². The largest absolute Gasteiger partial charge is 0.328 e. The van der Waals surface area contributed by atoms with Gasteiger partial charge in [0.15, 0.2) is 0 Å². The number of nitrogens with one attached hydrogen (secondary N) is 2. The smallest absolute Gasteiger partial charge is 0.253 e. The van der Waals surface area contributed by atoms with E-state index in [1.807, 2.05) is 30.3 Å². The third kappa shape index (κ3) is 5.45. The van der Waals surface area contributed by atoms with Gasteiger partial charge in [0.2, 0.25) is 0 Å². The second kappa shape index (κ2) is 9.71. The van der Waals surface area contributed by atoms with Crippen molar-refractivity contribution in [3.63, 3.8) is 0 Å². The molecule has 0 spiro atoms. The molecule has 0 radical (unpaired) electrons. The summed E-state index contributed by atoms with van der Waals surface area (Å²) in [4.78, 5) is 25.5. The van der Waals surface area contributed by atoms with Gasteiger partial charge in [-0.1, -0.05) is 41.9 Å². The van der Waals surface area contributed by atoms with Crippen molar-refractivity contribution in [2.24, 2.45) is 0 Å². The molecule has 0 heterocycles. The maximum absolute atomic E-state index is 12.8. The van der Waals surface area contributed by atoms with Gasteiger partial charge >= 0.3 is 0 Å². The summed E-state index contributed by atoms with van der Waals surface area (Å²) >= 11 is 10.6. The van der Waals surface area contributed by atoms with Gasteiger partial charge in [0.25, 0.3) is 11.8 Å². The molecule has 3 aromatic carbocycles. The van der Waals surface area contributed by atoms with E-state index in [0.29, 0.717) is 21.7 Å². The summed E-state index contributed by atoms with van der Waals surface area (Å²) in [6.07, 6.45) is -0.774. The Morgan fingerprint density at radius 1 is 0.750 bits per heavy atom. The van der Waals surface area contributed by atoms with Crippen LogP contribution >= 0.6 is 56.8 Å². The molecule has 4 nitrogen and oxygen atoms in total. The van der Waals surface area contributed by atoms with Gasteiger partial charge in [-0.25, -0.2) is 0 Å². The van der Waals surface area contributed by atoms with E-state index in [4.69, 9.17) is 11.6 Å². The maximum atomic E-state index is 12.8. The normalized spacial score (nSPS) is 10.6. The highest BCUT2D eigenvalue weighted by atomic mass is 127. The van der Waals surface area contributed by atoms with Crippen LogP contribution in [0, 0.1) is 7.14 Å². The average molecular weight is 617 g/mol. The Morgan fingerprint density at radius 2 is 1.25 bits per heavy atom. The predicted octanol–water partition coefficient (Wildman–Crippen LogP) is 5.41. The van der Waals surface area contributed by atoms with E-state index in [9.17, 15) is 9.59 Å². The number of hydrogen-bond acceptors (Lipinski definition) is 2. The van der Waals surface area contributed by atoms with Crippen LogP contribution < -0.4 is 10.6 Å². The predicted molar refractivity (Wildman–Crippen MR) is 127 cm³/mol. The van der Waals surface area contributed by atoms with Gasteiger partial charge in [-0.05, 0) is 87.6 Å². The first-order valence-corrected chi connectivity index (χ1v) is 10.8. The molecule has 0 unspecified atom stereocenters. The molecule has 142 valence electrons. The number of hydrogen-bond donors (Lipinski definition) is 2. The average Bonchev–Trinajstić information content (AvgIpc) is 2.68. The van der Waals surface area contributed by atoms with Crippen molar-refractivity contribution in [1.29, 1.82) is 0 Å². The lowest BCUT2D eigenvalue weighted by Gasteiger charge is -2.22. The summed E-state index contributed by atoms with van der Waals surface area (Å²) in [6.45, 7) is 0. The molecule has 0 aromatic heterocycles. The van der Waals surface area contributed by atoms with E-state index >= 15 is 0 Å². The second-order valence-corrected chi connectivity index (χ2v) is 8.82. The van der Waals surface area contributed by atoms with Crippen LogP contribution in [0.15, 0.2) is 72.8 Å². The number of halogens is 3. The quantitative estimate of drug-likeness (QED) is 0.298. The molecule has 0 saturated carbocycles. The summed E-state index contributed by atoms with van der Waals surface area (Å²) in [5.74, 6) is -0.599. The van der Waals surface area contributed by atoms with E-state index in [1.165, 1.54) is 0 Å². The maximum Gasteiger partial charge on any atom is 0.253 e. The Labute approximate surface area is 195 Å². The summed E-state index contributed by atoms with van der Waals surface area (Å²) in [6, 6.07) is 21.5. The fourth-order valence-corrected chi connectivity index (χ4v) is 3.92. The van der Waals surface area contributed by atoms with Crippen LogP contribution in [0.1, 0.15) is 32.4 Å². The number of carbonyl (C=O) groups is 2. The second-order valence-electron chi connectivity index (χ2n) is 5.92. The molecule has 3 aromatic rings. The van der Waals surface area contributed by atoms with Crippen molar-refractivity contribution in [3.05, 3.63) is 102 Å². The van der Waals surface area contributed by atoms with Crippen molar-refractivity contribution in [2.45, 2.75) is 6.17 Å². The number of carbonyl (C=O) groups excluding carboxylic acids is 2. The molecule has 0 fully saturated rings. The summed E-state index contributed by atoms with van der Waals surface area (Å²) < 4.78 is 1.89. The first kappa shape index (κ1) is 21.1. The molecule has 2 amide bonds. The van der Waals surface area contributed by atoms with Crippen LogP contribution in [0.25, 0.3) is 0 Å². The molecule has 3 rings (SSSR count). The zero-order chi connectivity index (χ0) is 20.1. The molecule has 28 heavy (non-hydrogen) atoms. The zero-order valence-electron chi connectivity index (χ0n) is 14.5.